The van der Waals surface area contributed by atoms with Gasteiger partial charge in [-0.3, -0.25) is 0 Å². The average molecular weight is 217 g/mol. The molecule has 0 saturated heterocycles. The second-order valence-electron chi connectivity index (χ2n) is 4.01. The standard InChI is InChI=1S/C12H15N3O/c1-8(2)13-12-7-5-10(14-15-12)11-6-4-9(3)16-11/h4-8H,1-3H3,(H,13,15). The van der Waals surface area contributed by atoms with Crippen LogP contribution in [0.15, 0.2) is 28.7 Å². The SMILES string of the molecule is Cc1ccc(-c2ccc(NC(C)C)nn2)o1. The van der Waals surface area contributed by atoms with E-state index in [4.69, 9.17) is 4.42 Å². The summed E-state index contributed by atoms with van der Waals surface area (Å²) in [5, 5.41) is 11.4. The summed E-state index contributed by atoms with van der Waals surface area (Å²) in [5.74, 6) is 2.41. The number of rotatable bonds is 3. The molecule has 2 heterocycles. The highest BCUT2D eigenvalue weighted by atomic mass is 16.3. The largest absolute Gasteiger partial charge is 0.460 e. The molecule has 0 unspecified atom stereocenters. The number of furan rings is 1. The Hall–Kier alpha value is -1.84. The van der Waals surface area contributed by atoms with Crippen LogP contribution in [-0.4, -0.2) is 16.2 Å². The second-order valence-corrected chi connectivity index (χ2v) is 4.01. The lowest BCUT2D eigenvalue weighted by Gasteiger charge is -2.07. The third-order valence-electron chi connectivity index (χ3n) is 2.09. The lowest BCUT2D eigenvalue weighted by atomic mass is 10.3. The van der Waals surface area contributed by atoms with E-state index in [2.05, 4.69) is 29.4 Å². The molecule has 2 rings (SSSR count). The van der Waals surface area contributed by atoms with Gasteiger partial charge >= 0.3 is 0 Å². The number of nitrogens with zero attached hydrogens (tertiary/aromatic N) is 2. The first kappa shape index (κ1) is 10.7. The molecule has 0 amide bonds. The van der Waals surface area contributed by atoms with E-state index < -0.39 is 0 Å². The molecule has 0 atom stereocenters. The zero-order chi connectivity index (χ0) is 11.5. The minimum absolute atomic E-state index is 0.353. The summed E-state index contributed by atoms with van der Waals surface area (Å²) in [5.41, 5.74) is 0.752. The van der Waals surface area contributed by atoms with Gasteiger partial charge in [-0.05, 0) is 45.0 Å². The van der Waals surface area contributed by atoms with Gasteiger partial charge in [0.25, 0.3) is 0 Å². The fraction of sp³-hybridized carbons (Fsp3) is 0.333. The van der Waals surface area contributed by atoms with Crippen LogP contribution in [0.3, 0.4) is 0 Å². The predicted molar refractivity (Wildman–Crippen MR) is 63.2 cm³/mol. The normalized spacial score (nSPS) is 10.8. The van der Waals surface area contributed by atoms with Crippen molar-refractivity contribution in [2.24, 2.45) is 0 Å². The molecule has 0 aromatic carbocycles. The second kappa shape index (κ2) is 4.35. The highest BCUT2D eigenvalue weighted by Crippen LogP contribution is 2.19. The van der Waals surface area contributed by atoms with Crippen molar-refractivity contribution in [2.45, 2.75) is 26.8 Å². The quantitative estimate of drug-likeness (QED) is 0.858. The van der Waals surface area contributed by atoms with Crippen molar-refractivity contribution >= 4 is 5.82 Å². The summed E-state index contributed by atoms with van der Waals surface area (Å²) in [6, 6.07) is 7.97. The van der Waals surface area contributed by atoms with Crippen molar-refractivity contribution in [3.63, 3.8) is 0 Å². The van der Waals surface area contributed by atoms with E-state index in [1.54, 1.807) is 0 Å². The number of hydrogen-bond donors (Lipinski definition) is 1. The van der Waals surface area contributed by atoms with Gasteiger partial charge in [-0.25, -0.2) is 0 Å². The van der Waals surface area contributed by atoms with Gasteiger partial charge in [-0.1, -0.05) is 0 Å². The van der Waals surface area contributed by atoms with Crippen LogP contribution in [0.1, 0.15) is 19.6 Å². The Morgan fingerprint density at radius 2 is 1.94 bits per heavy atom. The van der Waals surface area contributed by atoms with Crippen molar-refractivity contribution in [2.75, 3.05) is 5.32 Å². The summed E-state index contributed by atoms with van der Waals surface area (Å²) in [7, 11) is 0. The zero-order valence-electron chi connectivity index (χ0n) is 9.69. The van der Waals surface area contributed by atoms with Crippen LogP contribution in [-0.2, 0) is 0 Å². The molecule has 0 aliphatic rings. The van der Waals surface area contributed by atoms with E-state index >= 15 is 0 Å². The number of aryl methyl sites for hydroxylation is 1. The molecule has 0 saturated carbocycles. The molecule has 0 aliphatic carbocycles. The Kier molecular flexibility index (Phi) is 2.90. The van der Waals surface area contributed by atoms with E-state index in [0.717, 1.165) is 23.0 Å². The van der Waals surface area contributed by atoms with Crippen LogP contribution in [0.4, 0.5) is 5.82 Å². The first-order valence-electron chi connectivity index (χ1n) is 5.32. The number of aromatic nitrogens is 2. The third kappa shape index (κ3) is 2.39. The molecule has 0 aliphatic heterocycles. The lowest BCUT2D eigenvalue weighted by molar-refractivity contribution is 0.545. The Labute approximate surface area is 94.7 Å². The summed E-state index contributed by atoms with van der Waals surface area (Å²) in [4.78, 5) is 0. The molecule has 4 nitrogen and oxygen atoms in total. The molecule has 1 N–H and O–H groups in total. The molecule has 0 spiro atoms. The van der Waals surface area contributed by atoms with Crippen molar-refractivity contribution in [1.82, 2.24) is 10.2 Å². The molecular weight excluding hydrogens is 202 g/mol. The van der Waals surface area contributed by atoms with Crippen molar-refractivity contribution < 1.29 is 4.42 Å². The number of hydrogen-bond acceptors (Lipinski definition) is 4. The van der Waals surface area contributed by atoms with Gasteiger partial charge in [0.05, 0.1) is 0 Å². The maximum atomic E-state index is 5.47. The highest BCUT2D eigenvalue weighted by molar-refractivity contribution is 5.53. The van der Waals surface area contributed by atoms with Gasteiger partial charge in [0.1, 0.15) is 17.3 Å². The van der Waals surface area contributed by atoms with Gasteiger partial charge in [0.15, 0.2) is 5.76 Å². The molecule has 2 aromatic rings. The summed E-state index contributed by atoms with van der Waals surface area (Å²) in [6.07, 6.45) is 0. The maximum absolute atomic E-state index is 5.47. The van der Waals surface area contributed by atoms with E-state index in [-0.39, 0.29) is 0 Å². The van der Waals surface area contributed by atoms with Crippen LogP contribution in [0.25, 0.3) is 11.5 Å². The van der Waals surface area contributed by atoms with E-state index in [0.29, 0.717) is 6.04 Å². The summed E-state index contributed by atoms with van der Waals surface area (Å²) in [6.45, 7) is 6.03. The summed E-state index contributed by atoms with van der Waals surface area (Å²) >= 11 is 0. The predicted octanol–water partition coefficient (Wildman–Crippen LogP) is 2.87. The van der Waals surface area contributed by atoms with Crippen LogP contribution in [0, 0.1) is 6.92 Å². The Bertz CT molecular complexity index is 459. The molecule has 16 heavy (non-hydrogen) atoms. The van der Waals surface area contributed by atoms with Gasteiger partial charge < -0.3 is 9.73 Å². The lowest BCUT2D eigenvalue weighted by Crippen LogP contribution is -2.11. The van der Waals surface area contributed by atoms with Crippen molar-refractivity contribution in [3.05, 3.63) is 30.0 Å². The minimum Gasteiger partial charge on any atom is -0.460 e. The highest BCUT2D eigenvalue weighted by Gasteiger charge is 2.05. The molecule has 84 valence electrons. The number of anilines is 1. The van der Waals surface area contributed by atoms with E-state index in [9.17, 15) is 0 Å². The van der Waals surface area contributed by atoms with Gasteiger partial charge in [-0.15, -0.1) is 10.2 Å². The van der Waals surface area contributed by atoms with Crippen LogP contribution < -0.4 is 5.32 Å². The fourth-order valence-electron chi connectivity index (χ4n) is 1.41. The van der Waals surface area contributed by atoms with Gasteiger partial charge in [-0.2, -0.15) is 0 Å². The zero-order valence-corrected chi connectivity index (χ0v) is 9.69. The Balaban J connectivity index is 2.19. The smallest absolute Gasteiger partial charge is 0.154 e. The maximum Gasteiger partial charge on any atom is 0.154 e. The van der Waals surface area contributed by atoms with Crippen LogP contribution >= 0.6 is 0 Å². The topological polar surface area (TPSA) is 51.0 Å². The monoisotopic (exact) mass is 217 g/mol. The van der Waals surface area contributed by atoms with Gasteiger partial charge in [0, 0.05) is 6.04 Å². The van der Waals surface area contributed by atoms with E-state index in [1.807, 2.05) is 31.2 Å². The first-order chi connectivity index (χ1) is 7.65. The fourth-order valence-corrected chi connectivity index (χ4v) is 1.41. The molecule has 0 fully saturated rings. The molecule has 4 heteroatoms. The first-order valence-corrected chi connectivity index (χ1v) is 5.32. The van der Waals surface area contributed by atoms with Crippen LogP contribution in [0.2, 0.25) is 0 Å². The molecule has 0 bridgehead atoms. The third-order valence-corrected chi connectivity index (χ3v) is 2.09. The minimum atomic E-state index is 0.353. The van der Waals surface area contributed by atoms with E-state index in [1.165, 1.54) is 0 Å². The Morgan fingerprint density at radius 3 is 2.44 bits per heavy atom. The number of nitrogens with one attached hydrogen (secondary N) is 1. The van der Waals surface area contributed by atoms with Crippen molar-refractivity contribution in [1.29, 1.82) is 0 Å². The average Bonchev–Trinajstić information content (AvgIpc) is 2.65. The molecule has 0 radical (unpaired) electrons. The van der Waals surface area contributed by atoms with Crippen molar-refractivity contribution in [3.8, 4) is 11.5 Å². The van der Waals surface area contributed by atoms with Crippen LogP contribution in [0.5, 0.6) is 0 Å². The Morgan fingerprint density at radius 1 is 1.12 bits per heavy atom. The molecule has 2 aromatic heterocycles. The van der Waals surface area contributed by atoms with Gasteiger partial charge in [0.2, 0.25) is 0 Å². The molecular formula is C12H15N3O. The summed E-state index contributed by atoms with van der Waals surface area (Å²) < 4.78 is 5.47.